The van der Waals surface area contributed by atoms with E-state index in [-0.39, 0.29) is 12.0 Å². The van der Waals surface area contributed by atoms with Gasteiger partial charge in [0.25, 0.3) is 5.91 Å². The first-order valence-corrected chi connectivity index (χ1v) is 7.80. The van der Waals surface area contributed by atoms with Crippen LogP contribution in [0.4, 0.5) is 0 Å². The van der Waals surface area contributed by atoms with E-state index in [1.807, 2.05) is 0 Å². The van der Waals surface area contributed by atoms with E-state index in [4.69, 9.17) is 18.6 Å². The molecule has 0 radical (unpaired) electrons. The number of likely N-dealkylation sites (tertiary alicyclic amines) is 1. The van der Waals surface area contributed by atoms with Crippen LogP contribution in [0.15, 0.2) is 39.5 Å². The second-order valence-electron chi connectivity index (χ2n) is 5.74. The van der Waals surface area contributed by atoms with Crippen molar-refractivity contribution in [3.05, 3.63) is 52.1 Å². The minimum absolute atomic E-state index is 0.136. The van der Waals surface area contributed by atoms with Crippen molar-refractivity contribution in [3.63, 3.8) is 0 Å². The molecule has 0 aliphatic carbocycles. The second kappa shape index (κ2) is 6.88. The largest absolute Gasteiger partial charge is 0.497 e. The third-order valence-electron chi connectivity index (χ3n) is 3.94. The lowest BCUT2D eigenvalue weighted by Crippen LogP contribution is -2.56. The predicted molar refractivity (Wildman–Crippen MR) is 89.6 cm³/mol. The molecule has 7 nitrogen and oxygen atoms in total. The van der Waals surface area contributed by atoms with E-state index < -0.39 is 5.63 Å². The summed E-state index contributed by atoms with van der Waals surface area (Å²) in [4.78, 5) is 25.6. The number of hydrogen-bond acceptors (Lipinski definition) is 6. The molecule has 0 saturated carbocycles. The number of carbonyl (C=O) groups is 1. The van der Waals surface area contributed by atoms with Crippen LogP contribution < -0.4 is 19.8 Å². The standard InChI is InChI=1S/C18H19NO6/c1-11-6-13(8-17(20)24-11)25-14-9-19(10-14)18(21)15-5-4-12(22-2)7-16(15)23-3/h4-8,14H,9-10H2,1-3H3. The second-order valence-corrected chi connectivity index (χ2v) is 5.74. The van der Waals surface area contributed by atoms with Crippen LogP contribution in [-0.4, -0.2) is 44.2 Å². The van der Waals surface area contributed by atoms with Gasteiger partial charge < -0.3 is 23.5 Å². The van der Waals surface area contributed by atoms with Crippen molar-refractivity contribution < 1.29 is 23.4 Å². The van der Waals surface area contributed by atoms with E-state index in [9.17, 15) is 9.59 Å². The van der Waals surface area contributed by atoms with Gasteiger partial charge in [-0.1, -0.05) is 0 Å². The van der Waals surface area contributed by atoms with E-state index >= 15 is 0 Å². The Morgan fingerprint density at radius 1 is 1.12 bits per heavy atom. The lowest BCUT2D eigenvalue weighted by Gasteiger charge is -2.39. The molecule has 1 aliphatic rings. The fraction of sp³-hybridized carbons (Fsp3) is 0.333. The molecular formula is C18H19NO6. The number of ether oxygens (including phenoxy) is 3. The minimum Gasteiger partial charge on any atom is -0.497 e. The predicted octanol–water partition coefficient (Wildman–Crippen LogP) is 1.87. The number of hydrogen-bond donors (Lipinski definition) is 0. The Hall–Kier alpha value is -2.96. The molecule has 1 aliphatic heterocycles. The number of amides is 1. The molecule has 132 valence electrons. The van der Waals surface area contributed by atoms with E-state index in [0.29, 0.717) is 41.7 Å². The molecule has 1 amide bonds. The summed E-state index contributed by atoms with van der Waals surface area (Å²) in [6, 6.07) is 8.02. The highest BCUT2D eigenvalue weighted by Gasteiger charge is 2.34. The van der Waals surface area contributed by atoms with Crippen molar-refractivity contribution in [2.75, 3.05) is 27.3 Å². The van der Waals surface area contributed by atoms with Crippen LogP contribution >= 0.6 is 0 Å². The highest BCUT2D eigenvalue weighted by atomic mass is 16.5. The summed E-state index contributed by atoms with van der Waals surface area (Å²) in [5, 5.41) is 0. The zero-order valence-electron chi connectivity index (χ0n) is 14.3. The first-order chi connectivity index (χ1) is 12.0. The van der Waals surface area contributed by atoms with Crippen LogP contribution in [0.3, 0.4) is 0 Å². The van der Waals surface area contributed by atoms with Crippen LogP contribution in [0.25, 0.3) is 0 Å². The Labute approximate surface area is 144 Å². The normalized spacial score (nSPS) is 14.0. The number of aryl methyl sites for hydroxylation is 1. The van der Waals surface area contributed by atoms with Crippen molar-refractivity contribution in [1.29, 1.82) is 0 Å². The molecule has 1 aromatic carbocycles. The molecule has 0 N–H and O–H groups in total. The SMILES string of the molecule is COc1ccc(C(=O)N2CC(Oc3cc(C)oc(=O)c3)C2)c(OC)c1. The quantitative estimate of drug-likeness (QED) is 0.823. The highest BCUT2D eigenvalue weighted by molar-refractivity contribution is 5.97. The molecule has 0 spiro atoms. The fourth-order valence-corrected chi connectivity index (χ4v) is 2.66. The summed E-state index contributed by atoms with van der Waals surface area (Å²) in [6.07, 6.45) is -0.158. The molecule has 3 rings (SSSR count). The van der Waals surface area contributed by atoms with Gasteiger partial charge >= 0.3 is 5.63 Å². The van der Waals surface area contributed by atoms with Gasteiger partial charge in [0.2, 0.25) is 0 Å². The average Bonchev–Trinajstić information content (AvgIpc) is 2.55. The smallest absolute Gasteiger partial charge is 0.339 e. The summed E-state index contributed by atoms with van der Waals surface area (Å²) in [7, 11) is 3.07. The van der Waals surface area contributed by atoms with E-state index in [1.165, 1.54) is 13.2 Å². The monoisotopic (exact) mass is 345 g/mol. The van der Waals surface area contributed by atoms with Crippen molar-refractivity contribution in [3.8, 4) is 17.2 Å². The summed E-state index contributed by atoms with van der Waals surface area (Å²) in [5.41, 5.74) is 0.0168. The first kappa shape index (κ1) is 16.9. The summed E-state index contributed by atoms with van der Waals surface area (Å²) in [6.45, 7) is 2.56. The maximum absolute atomic E-state index is 12.6. The highest BCUT2D eigenvalue weighted by Crippen LogP contribution is 2.28. The number of carbonyl (C=O) groups excluding carboxylic acids is 1. The number of rotatable bonds is 5. The molecule has 1 saturated heterocycles. The van der Waals surface area contributed by atoms with Crippen LogP contribution in [0, 0.1) is 6.92 Å². The van der Waals surface area contributed by atoms with Gasteiger partial charge in [0.15, 0.2) is 0 Å². The van der Waals surface area contributed by atoms with E-state index in [2.05, 4.69) is 0 Å². The molecule has 0 unspecified atom stereocenters. The lowest BCUT2D eigenvalue weighted by atomic mass is 10.1. The van der Waals surface area contributed by atoms with Crippen LogP contribution in [0.1, 0.15) is 16.1 Å². The molecule has 7 heteroatoms. The van der Waals surface area contributed by atoms with Gasteiger partial charge in [-0.15, -0.1) is 0 Å². The Balaban J connectivity index is 1.64. The van der Waals surface area contributed by atoms with Gasteiger partial charge in [-0.2, -0.15) is 0 Å². The maximum Gasteiger partial charge on any atom is 0.339 e. The maximum atomic E-state index is 12.6. The van der Waals surface area contributed by atoms with Crippen LogP contribution in [0.5, 0.6) is 17.2 Å². The number of nitrogens with zero attached hydrogens (tertiary/aromatic N) is 1. The number of benzene rings is 1. The molecule has 0 atom stereocenters. The molecular weight excluding hydrogens is 326 g/mol. The third-order valence-corrected chi connectivity index (χ3v) is 3.94. The van der Waals surface area contributed by atoms with E-state index in [1.54, 1.807) is 43.2 Å². The van der Waals surface area contributed by atoms with E-state index in [0.717, 1.165) is 0 Å². The molecule has 0 bridgehead atoms. The van der Waals surface area contributed by atoms with Gasteiger partial charge in [0.05, 0.1) is 38.9 Å². The summed E-state index contributed by atoms with van der Waals surface area (Å²) < 4.78 is 21.0. The van der Waals surface area contributed by atoms with Gasteiger partial charge in [0, 0.05) is 12.1 Å². The number of methoxy groups -OCH3 is 2. The lowest BCUT2D eigenvalue weighted by molar-refractivity contribution is 0.0172. The molecule has 2 aromatic rings. The molecule has 1 fully saturated rings. The Morgan fingerprint density at radius 2 is 1.88 bits per heavy atom. The third kappa shape index (κ3) is 3.60. The zero-order valence-corrected chi connectivity index (χ0v) is 14.3. The Kier molecular flexibility index (Phi) is 4.65. The minimum atomic E-state index is -0.453. The summed E-state index contributed by atoms with van der Waals surface area (Å²) >= 11 is 0. The summed E-state index contributed by atoms with van der Waals surface area (Å²) in [5.74, 6) is 1.88. The van der Waals surface area contributed by atoms with Crippen molar-refractivity contribution in [2.24, 2.45) is 0 Å². The average molecular weight is 345 g/mol. The molecule has 1 aromatic heterocycles. The fourth-order valence-electron chi connectivity index (χ4n) is 2.66. The van der Waals surface area contributed by atoms with Crippen molar-refractivity contribution in [1.82, 2.24) is 4.90 Å². The van der Waals surface area contributed by atoms with Crippen molar-refractivity contribution in [2.45, 2.75) is 13.0 Å². The Bertz CT molecular complexity index is 838. The topological polar surface area (TPSA) is 78.2 Å². The van der Waals surface area contributed by atoms with Gasteiger partial charge in [-0.25, -0.2) is 4.79 Å². The van der Waals surface area contributed by atoms with Crippen LogP contribution in [0.2, 0.25) is 0 Å². The van der Waals surface area contributed by atoms with Crippen LogP contribution in [-0.2, 0) is 0 Å². The zero-order chi connectivity index (χ0) is 18.0. The van der Waals surface area contributed by atoms with Gasteiger partial charge in [-0.3, -0.25) is 4.79 Å². The first-order valence-electron chi connectivity index (χ1n) is 7.80. The van der Waals surface area contributed by atoms with Gasteiger partial charge in [0.1, 0.15) is 29.1 Å². The van der Waals surface area contributed by atoms with Crippen molar-refractivity contribution >= 4 is 5.91 Å². The molecule has 25 heavy (non-hydrogen) atoms. The van der Waals surface area contributed by atoms with Gasteiger partial charge in [-0.05, 0) is 19.1 Å². The Morgan fingerprint density at radius 3 is 2.52 bits per heavy atom. The molecule has 2 heterocycles.